The van der Waals surface area contributed by atoms with Crippen LogP contribution < -0.4 is 0 Å². The smallest absolute Gasteiger partial charge is 0.123 e. The number of benzene rings is 2. The maximum Gasteiger partial charge on any atom is 0.123 e. The molecule has 1 N–H and O–H groups in total. The Morgan fingerprint density at radius 1 is 0.583 bits per heavy atom. The van der Waals surface area contributed by atoms with Gasteiger partial charge in [0, 0.05) is 20.9 Å². The normalized spacial score (nSPS) is 13.8. The van der Waals surface area contributed by atoms with Gasteiger partial charge in [-0.15, -0.1) is 23.5 Å². The Labute approximate surface area is 231 Å². The van der Waals surface area contributed by atoms with Crippen LogP contribution in [-0.2, 0) is 21.7 Å². The minimum absolute atomic E-state index is 0.0741. The third kappa shape index (κ3) is 7.97. The maximum absolute atomic E-state index is 11.3. The highest BCUT2D eigenvalue weighted by molar-refractivity contribution is 8.18. The summed E-state index contributed by atoms with van der Waals surface area (Å²) in [6, 6.07) is 11.6. The van der Waals surface area contributed by atoms with E-state index in [0.717, 1.165) is 24.0 Å². The molecule has 2 rings (SSSR count). The lowest BCUT2D eigenvalue weighted by Crippen LogP contribution is -2.20. The molecule has 2 aromatic rings. The number of phenols is 1. The summed E-state index contributed by atoms with van der Waals surface area (Å²) in [6.45, 7) is 31.8. The molecule has 0 saturated carbocycles. The monoisotopic (exact) mass is 528 g/mol. The molecule has 0 saturated heterocycles. The van der Waals surface area contributed by atoms with Gasteiger partial charge < -0.3 is 5.11 Å². The number of hydrogen-bond acceptors (Lipinski definition) is 3. The van der Waals surface area contributed by atoms with Gasteiger partial charge in [0.1, 0.15) is 5.75 Å². The fraction of sp³-hybridized carbons (Fsp3) is 0.636. The Bertz CT molecular complexity index is 1020. The van der Waals surface area contributed by atoms with Crippen LogP contribution in [0.4, 0.5) is 0 Å². The molecule has 0 unspecified atom stereocenters. The van der Waals surface area contributed by atoms with Crippen LogP contribution in [0.3, 0.4) is 0 Å². The molecule has 0 fully saturated rings. The average Bonchev–Trinajstić information content (AvgIpc) is 2.66. The summed E-state index contributed by atoms with van der Waals surface area (Å²) in [5.74, 6) is 0.475. The van der Waals surface area contributed by atoms with Crippen LogP contribution in [0.15, 0.2) is 40.1 Å². The van der Waals surface area contributed by atoms with Gasteiger partial charge in [-0.05, 0) is 77.3 Å². The highest BCUT2D eigenvalue weighted by Crippen LogP contribution is 2.50. The predicted molar refractivity (Wildman–Crippen MR) is 164 cm³/mol. The van der Waals surface area contributed by atoms with Gasteiger partial charge in [-0.2, -0.15) is 0 Å². The first-order valence-electron chi connectivity index (χ1n) is 13.5. The third-order valence-electron chi connectivity index (χ3n) is 6.86. The molecule has 0 aliphatic heterocycles. The van der Waals surface area contributed by atoms with Crippen LogP contribution in [-0.4, -0.2) is 9.19 Å². The van der Waals surface area contributed by atoms with Crippen molar-refractivity contribution in [2.75, 3.05) is 0 Å². The molecule has 0 aliphatic carbocycles. The molecule has 0 radical (unpaired) electrons. The van der Waals surface area contributed by atoms with Gasteiger partial charge >= 0.3 is 0 Å². The Kier molecular flexibility index (Phi) is 9.18. The van der Waals surface area contributed by atoms with Crippen molar-refractivity contribution in [2.24, 2.45) is 0 Å². The molecule has 0 aromatic heterocycles. The summed E-state index contributed by atoms with van der Waals surface area (Å²) in [7, 11) is 0. The van der Waals surface area contributed by atoms with Gasteiger partial charge in [-0.3, -0.25) is 0 Å². The zero-order chi connectivity index (χ0) is 27.9. The molecule has 36 heavy (non-hydrogen) atoms. The van der Waals surface area contributed by atoms with Crippen molar-refractivity contribution < 1.29 is 5.11 Å². The molecule has 0 spiro atoms. The third-order valence-corrected chi connectivity index (χ3v) is 9.29. The highest BCUT2D eigenvalue weighted by atomic mass is 32.2. The fourth-order valence-corrected chi connectivity index (χ4v) is 7.23. The summed E-state index contributed by atoms with van der Waals surface area (Å²) in [5, 5.41) is 11.3. The van der Waals surface area contributed by atoms with Crippen molar-refractivity contribution in [3.05, 3.63) is 52.6 Å². The van der Waals surface area contributed by atoms with Crippen LogP contribution in [0.25, 0.3) is 0 Å². The van der Waals surface area contributed by atoms with Crippen LogP contribution in [0.5, 0.6) is 5.75 Å². The number of thioether (sulfide) groups is 2. The Morgan fingerprint density at radius 2 is 1.00 bits per heavy atom. The topological polar surface area (TPSA) is 20.2 Å². The minimum atomic E-state index is -0.127. The number of rotatable bonds is 7. The zero-order valence-corrected chi connectivity index (χ0v) is 27.2. The molecule has 3 heteroatoms. The number of phenolic OH excluding ortho intramolecular Hbond substituents is 1. The summed E-state index contributed by atoms with van der Waals surface area (Å²) in [5.41, 5.74) is 4.90. The van der Waals surface area contributed by atoms with E-state index in [4.69, 9.17) is 0 Å². The summed E-state index contributed by atoms with van der Waals surface area (Å²) < 4.78 is -0.0794. The van der Waals surface area contributed by atoms with Gasteiger partial charge in [0.15, 0.2) is 0 Å². The lowest BCUT2D eigenvalue weighted by atomic mass is 9.76. The van der Waals surface area contributed by atoms with Gasteiger partial charge in [0.05, 0.1) is 4.08 Å². The molecule has 0 atom stereocenters. The van der Waals surface area contributed by atoms with Gasteiger partial charge in [0.2, 0.25) is 0 Å². The molecule has 0 aliphatic rings. The largest absolute Gasteiger partial charge is 0.507 e. The molecule has 1 nitrogen and oxygen atoms in total. The first kappa shape index (κ1) is 31.2. The maximum atomic E-state index is 11.3. The first-order chi connectivity index (χ1) is 16.1. The summed E-state index contributed by atoms with van der Waals surface area (Å²) in [6.07, 6.45) is 2.14. The SMILES string of the molecule is CCCC(C)(C)c1cc(SC(C)(C)Sc2cc(C(C)(C)C)cc(C(C)(C)C)c2)cc(C(C)(C)C)c1O. The summed E-state index contributed by atoms with van der Waals surface area (Å²) >= 11 is 3.85. The van der Waals surface area contributed by atoms with Crippen LogP contribution in [0.2, 0.25) is 0 Å². The quantitative estimate of drug-likeness (QED) is 0.285. The predicted octanol–water partition coefficient (Wildman–Crippen LogP) is 11.0. The molecule has 0 bridgehead atoms. The van der Waals surface area contributed by atoms with Crippen LogP contribution in [0.1, 0.15) is 132 Å². The molecule has 2 aromatic carbocycles. The Balaban J connectivity index is 2.54. The van der Waals surface area contributed by atoms with Gasteiger partial charge in [-0.1, -0.05) is 95.6 Å². The van der Waals surface area contributed by atoms with Crippen molar-refractivity contribution in [3.8, 4) is 5.75 Å². The Hall–Kier alpha value is -1.06. The average molecular weight is 529 g/mol. The van der Waals surface area contributed by atoms with E-state index in [0.29, 0.717) is 5.75 Å². The van der Waals surface area contributed by atoms with E-state index in [1.807, 2.05) is 23.5 Å². The molecular formula is C33H52OS2. The van der Waals surface area contributed by atoms with E-state index < -0.39 is 0 Å². The lowest BCUT2D eigenvalue weighted by Gasteiger charge is -2.32. The van der Waals surface area contributed by atoms with E-state index in [2.05, 4.69) is 127 Å². The van der Waals surface area contributed by atoms with Crippen LogP contribution >= 0.6 is 23.5 Å². The molecular weight excluding hydrogens is 476 g/mol. The standard InChI is InChI=1S/C33H52OS2/c1-15-16-32(11,12)27-21-25(20-26(28(27)34)31(8,9)10)36-33(13,14)35-24-18-22(29(2,3)4)17-23(19-24)30(5,6)7/h17-21,34H,15-16H2,1-14H3. The lowest BCUT2D eigenvalue weighted by molar-refractivity contribution is 0.401. The number of aromatic hydroxyl groups is 1. The molecule has 202 valence electrons. The van der Waals surface area contributed by atoms with E-state index in [1.165, 1.54) is 20.9 Å². The van der Waals surface area contributed by atoms with Crippen molar-refractivity contribution in [1.82, 2.24) is 0 Å². The van der Waals surface area contributed by atoms with Crippen molar-refractivity contribution >= 4 is 23.5 Å². The highest BCUT2D eigenvalue weighted by Gasteiger charge is 2.31. The van der Waals surface area contributed by atoms with Crippen molar-refractivity contribution in [2.45, 2.75) is 145 Å². The molecule has 0 amide bonds. The second-order valence-electron chi connectivity index (χ2n) is 14.6. The first-order valence-corrected chi connectivity index (χ1v) is 15.1. The van der Waals surface area contributed by atoms with Crippen LogP contribution in [0, 0.1) is 0 Å². The van der Waals surface area contributed by atoms with E-state index >= 15 is 0 Å². The van der Waals surface area contributed by atoms with Crippen molar-refractivity contribution in [1.29, 1.82) is 0 Å². The number of hydrogen-bond donors (Lipinski definition) is 1. The summed E-state index contributed by atoms with van der Waals surface area (Å²) in [4.78, 5) is 2.56. The van der Waals surface area contributed by atoms with E-state index in [1.54, 1.807) is 0 Å². The fourth-order valence-electron chi connectivity index (χ4n) is 4.63. The van der Waals surface area contributed by atoms with Gasteiger partial charge in [0.25, 0.3) is 0 Å². The molecule has 0 heterocycles. The van der Waals surface area contributed by atoms with E-state index in [9.17, 15) is 5.11 Å². The Morgan fingerprint density at radius 3 is 1.39 bits per heavy atom. The van der Waals surface area contributed by atoms with E-state index in [-0.39, 0.29) is 25.7 Å². The van der Waals surface area contributed by atoms with Gasteiger partial charge in [-0.25, -0.2) is 0 Å². The zero-order valence-electron chi connectivity index (χ0n) is 25.6. The van der Waals surface area contributed by atoms with Crippen molar-refractivity contribution in [3.63, 3.8) is 0 Å². The second kappa shape index (κ2) is 10.6. The minimum Gasteiger partial charge on any atom is -0.507 e. The second-order valence-corrected chi connectivity index (χ2v) is 18.3.